The molecule has 1 amide bonds. The molecule has 1 aliphatic rings. The number of carbonyl (C=O) groups is 2. The molecule has 17 heavy (non-hydrogen) atoms. The first kappa shape index (κ1) is 13.9. The first-order valence-corrected chi connectivity index (χ1v) is 5.79. The fourth-order valence-corrected chi connectivity index (χ4v) is 1.78. The number of amides is 1. The van der Waals surface area contributed by atoms with Crippen molar-refractivity contribution in [3.8, 4) is 0 Å². The van der Waals surface area contributed by atoms with E-state index in [1.807, 2.05) is 0 Å². The predicted octanol–water partition coefficient (Wildman–Crippen LogP) is 1.79. The maximum Gasteiger partial charge on any atom is 0.326 e. The van der Waals surface area contributed by atoms with Gasteiger partial charge >= 0.3 is 5.97 Å². The number of rotatable bonds is 7. The van der Waals surface area contributed by atoms with Gasteiger partial charge in [-0.3, -0.25) is 4.79 Å². The summed E-state index contributed by atoms with van der Waals surface area (Å²) in [7, 11) is 0. The van der Waals surface area contributed by atoms with Gasteiger partial charge in [0.1, 0.15) is 6.04 Å². The van der Waals surface area contributed by atoms with Crippen LogP contribution in [0.1, 0.15) is 38.5 Å². The van der Waals surface area contributed by atoms with Crippen molar-refractivity contribution < 1.29 is 23.5 Å². The quantitative estimate of drug-likeness (QED) is 0.723. The van der Waals surface area contributed by atoms with Crippen molar-refractivity contribution in [2.24, 2.45) is 5.92 Å². The minimum absolute atomic E-state index is 0.220. The summed E-state index contributed by atoms with van der Waals surface area (Å²) in [6, 6.07) is -1.48. The molecule has 1 rings (SSSR count). The molecule has 0 aromatic carbocycles. The Labute approximate surface area is 98.4 Å². The van der Waals surface area contributed by atoms with Crippen LogP contribution in [-0.2, 0) is 9.59 Å². The molecule has 1 fully saturated rings. The van der Waals surface area contributed by atoms with E-state index in [0.717, 1.165) is 12.8 Å². The highest BCUT2D eigenvalue weighted by Gasteiger charge is 2.25. The SMILES string of the molecule is O=C(CCC1CCC1)NC(CC(F)F)C(=O)O. The van der Waals surface area contributed by atoms with E-state index in [4.69, 9.17) is 5.11 Å². The Morgan fingerprint density at radius 3 is 2.41 bits per heavy atom. The van der Waals surface area contributed by atoms with Gasteiger partial charge in [0.2, 0.25) is 12.3 Å². The Bertz CT molecular complexity index is 280. The zero-order valence-corrected chi connectivity index (χ0v) is 9.49. The lowest BCUT2D eigenvalue weighted by Gasteiger charge is -2.25. The molecule has 0 saturated heterocycles. The van der Waals surface area contributed by atoms with Crippen LogP contribution in [0.2, 0.25) is 0 Å². The van der Waals surface area contributed by atoms with Gasteiger partial charge in [-0.05, 0) is 12.3 Å². The second kappa shape index (κ2) is 6.51. The largest absolute Gasteiger partial charge is 0.480 e. The smallest absolute Gasteiger partial charge is 0.326 e. The summed E-state index contributed by atoms with van der Waals surface area (Å²) in [4.78, 5) is 22.0. The number of hydrogen-bond donors (Lipinski definition) is 2. The highest BCUT2D eigenvalue weighted by Crippen LogP contribution is 2.30. The fraction of sp³-hybridized carbons (Fsp3) is 0.818. The molecule has 1 aliphatic carbocycles. The summed E-state index contributed by atoms with van der Waals surface area (Å²) >= 11 is 0. The van der Waals surface area contributed by atoms with Crippen molar-refractivity contribution in [3.05, 3.63) is 0 Å². The first-order valence-electron chi connectivity index (χ1n) is 5.79. The van der Waals surface area contributed by atoms with Crippen LogP contribution in [0.3, 0.4) is 0 Å². The van der Waals surface area contributed by atoms with Crippen molar-refractivity contribution in [2.45, 2.75) is 51.0 Å². The van der Waals surface area contributed by atoms with Crippen molar-refractivity contribution in [3.63, 3.8) is 0 Å². The van der Waals surface area contributed by atoms with E-state index in [9.17, 15) is 18.4 Å². The maximum absolute atomic E-state index is 12.1. The van der Waals surface area contributed by atoms with Crippen molar-refractivity contribution in [1.29, 1.82) is 0 Å². The minimum Gasteiger partial charge on any atom is -0.480 e. The fourth-order valence-electron chi connectivity index (χ4n) is 1.78. The monoisotopic (exact) mass is 249 g/mol. The standard InChI is InChI=1S/C11H17F2NO3/c12-9(13)6-8(11(16)17)14-10(15)5-4-7-2-1-3-7/h7-9H,1-6H2,(H,14,15)(H,16,17). The topological polar surface area (TPSA) is 66.4 Å². The van der Waals surface area contributed by atoms with Gasteiger partial charge in [0.05, 0.1) is 0 Å². The van der Waals surface area contributed by atoms with Crippen LogP contribution in [0.15, 0.2) is 0 Å². The number of hydrogen-bond acceptors (Lipinski definition) is 2. The van der Waals surface area contributed by atoms with E-state index in [0.29, 0.717) is 12.3 Å². The lowest BCUT2D eigenvalue weighted by molar-refractivity contribution is -0.143. The Hall–Kier alpha value is -1.20. The third kappa shape index (κ3) is 5.10. The molecule has 0 heterocycles. The summed E-state index contributed by atoms with van der Waals surface area (Å²) < 4.78 is 24.1. The van der Waals surface area contributed by atoms with E-state index in [2.05, 4.69) is 5.32 Å². The van der Waals surface area contributed by atoms with Crippen LogP contribution in [0.4, 0.5) is 8.78 Å². The average Bonchev–Trinajstić information content (AvgIpc) is 2.13. The van der Waals surface area contributed by atoms with Gasteiger partial charge in [0.15, 0.2) is 0 Å². The summed E-state index contributed by atoms with van der Waals surface area (Å²) in [5.41, 5.74) is 0. The second-order valence-corrected chi connectivity index (χ2v) is 4.42. The Kier molecular flexibility index (Phi) is 5.31. The average molecular weight is 249 g/mol. The molecule has 2 N–H and O–H groups in total. The van der Waals surface area contributed by atoms with Crippen LogP contribution < -0.4 is 5.32 Å². The third-order valence-corrected chi connectivity index (χ3v) is 3.05. The number of carboxylic acids is 1. The van der Waals surface area contributed by atoms with E-state index in [-0.39, 0.29) is 6.42 Å². The molecular formula is C11H17F2NO3. The molecule has 4 nitrogen and oxygen atoms in total. The molecule has 0 aliphatic heterocycles. The van der Waals surface area contributed by atoms with Gasteiger partial charge in [-0.15, -0.1) is 0 Å². The Morgan fingerprint density at radius 2 is 2.00 bits per heavy atom. The van der Waals surface area contributed by atoms with Gasteiger partial charge in [-0.2, -0.15) is 0 Å². The number of carbonyl (C=O) groups excluding carboxylic acids is 1. The third-order valence-electron chi connectivity index (χ3n) is 3.05. The maximum atomic E-state index is 12.1. The van der Waals surface area contributed by atoms with Crippen molar-refractivity contribution >= 4 is 11.9 Å². The number of alkyl halides is 2. The second-order valence-electron chi connectivity index (χ2n) is 4.42. The highest BCUT2D eigenvalue weighted by molar-refractivity contribution is 5.83. The summed E-state index contributed by atoms with van der Waals surface area (Å²) in [6.07, 6.45) is 0.743. The number of nitrogens with one attached hydrogen (secondary N) is 1. The number of carboxylic acid groups (broad SMARTS) is 1. The summed E-state index contributed by atoms with van der Waals surface area (Å²) in [5.74, 6) is -1.33. The molecule has 0 aromatic rings. The van der Waals surface area contributed by atoms with Gasteiger partial charge in [0.25, 0.3) is 0 Å². The van der Waals surface area contributed by atoms with Crippen molar-refractivity contribution in [2.75, 3.05) is 0 Å². The molecule has 1 saturated carbocycles. The van der Waals surface area contributed by atoms with Crippen LogP contribution >= 0.6 is 0 Å². The molecule has 1 unspecified atom stereocenters. The number of aliphatic carboxylic acids is 1. The zero-order valence-electron chi connectivity index (χ0n) is 9.49. The molecule has 0 radical (unpaired) electrons. The zero-order chi connectivity index (χ0) is 12.8. The highest BCUT2D eigenvalue weighted by atomic mass is 19.3. The normalized spacial score (nSPS) is 17.6. The number of halogens is 2. The summed E-state index contributed by atoms with van der Waals surface area (Å²) in [5, 5.41) is 10.8. The van der Waals surface area contributed by atoms with Gasteiger partial charge < -0.3 is 10.4 Å². The Morgan fingerprint density at radius 1 is 1.35 bits per heavy atom. The van der Waals surface area contributed by atoms with Crippen LogP contribution in [0.25, 0.3) is 0 Å². The van der Waals surface area contributed by atoms with E-state index >= 15 is 0 Å². The molecule has 6 heteroatoms. The predicted molar refractivity (Wildman–Crippen MR) is 56.8 cm³/mol. The van der Waals surface area contributed by atoms with Crippen molar-refractivity contribution in [1.82, 2.24) is 5.32 Å². The minimum atomic E-state index is -2.73. The van der Waals surface area contributed by atoms with Gasteiger partial charge in [-0.25, -0.2) is 13.6 Å². The lowest BCUT2D eigenvalue weighted by atomic mass is 9.82. The van der Waals surface area contributed by atoms with Crippen LogP contribution in [0, 0.1) is 5.92 Å². The van der Waals surface area contributed by atoms with E-state index < -0.39 is 30.8 Å². The van der Waals surface area contributed by atoms with Gasteiger partial charge in [0, 0.05) is 12.8 Å². The lowest BCUT2D eigenvalue weighted by Crippen LogP contribution is -2.42. The van der Waals surface area contributed by atoms with Gasteiger partial charge in [-0.1, -0.05) is 19.3 Å². The summed E-state index contributed by atoms with van der Waals surface area (Å²) in [6.45, 7) is 0. The first-order chi connectivity index (χ1) is 7.99. The molecule has 0 bridgehead atoms. The molecular weight excluding hydrogens is 232 g/mol. The van der Waals surface area contributed by atoms with Crippen LogP contribution in [-0.4, -0.2) is 29.5 Å². The van der Waals surface area contributed by atoms with E-state index in [1.165, 1.54) is 6.42 Å². The van der Waals surface area contributed by atoms with Crippen LogP contribution in [0.5, 0.6) is 0 Å². The molecule has 0 spiro atoms. The molecule has 0 aromatic heterocycles. The van der Waals surface area contributed by atoms with E-state index in [1.54, 1.807) is 0 Å². The molecule has 1 atom stereocenters. The molecule has 98 valence electrons. The Balaban J connectivity index is 2.27.